The minimum absolute atomic E-state index is 0.149. The molecule has 164 valence electrons. The van der Waals surface area contributed by atoms with Gasteiger partial charge in [0.2, 0.25) is 0 Å². The number of halogens is 1. The third kappa shape index (κ3) is 5.05. The average molecular weight is 439 g/mol. The van der Waals surface area contributed by atoms with Crippen molar-refractivity contribution >= 4 is 16.9 Å². The molecule has 1 amide bonds. The van der Waals surface area contributed by atoms with E-state index in [1.165, 1.54) is 12.1 Å². The molecule has 0 aliphatic carbocycles. The molecule has 3 aromatic carbocycles. The summed E-state index contributed by atoms with van der Waals surface area (Å²) in [4.78, 5) is 24.2. The Balaban J connectivity index is 1.88. The number of aromatic nitrogens is 2. The van der Waals surface area contributed by atoms with Crippen molar-refractivity contribution < 1.29 is 9.18 Å². The Morgan fingerprint density at radius 2 is 1.70 bits per heavy atom. The second-order valence-electron chi connectivity index (χ2n) is 7.96. The molecule has 0 saturated heterocycles. The summed E-state index contributed by atoms with van der Waals surface area (Å²) in [5.74, 6) is 1.81. The first-order valence-electron chi connectivity index (χ1n) is 10.5. The van der Waals surface area contributed by atoms with Crippen LogP contribution in [-0.4, -0.2) is 41.4 Å². The van der Waals surface area contributed by atoms with Crippen LogP contribution in [0.3, 0.4) is 0 Å². The van der Waals surface area contributed by atoms with Crippen molar-refractivity contribution in [1.82, 2.24) is 20.2 Å². The molecule has 0 fully saturated rings. The Kier molecular flexibility index (Phi) is 6.43. The van der Waals surface area contributed by atoms with Crippen LogP contribution in [0.2, 0.25) is 0 Å². The minimum Gasteiger partial charge on any atom is -0.341 e. The zero-order chi connectivity index (χ0) is 23.4. The quantitative estimate of drug-likeness (QED) is 0.450. The number of hydrogen-bond acceptors (Lipinski definition) is 4. The fourth-order valence-corrected chi connectivity index (χ4v) is 3.62. The molecule has 5 nitrogen and oxygen atoms in total. The molecule has 1 N–H and O–H groups in total. The minimum atomic E-state index is -0.315. The normalized spacial score (nSPS) is 10.9. The van der Waals surface area contributed by atoms with Gasteiger partial charge in [-0.1, -0.05) is 24.1 Å². The number of carbonyl (C=O) groups is 1. The van der Waals surface area contributed by atoms with Gasteiger partial charge in [-0.15, -0.1) is 6.42 Å². The number of benzene rings is 3. The number of nitrogens with one attached hydrogen (secondary N) is 1. The van der Waals surface area contributed by atoms with Gasteiger partial charge < -0.3 is 10.2 Å². The highest BCUT2D eigenvalue weighted by Crippen LogP contribution is 2.32. The van der Waals surface area contributed by atoms with Gasteiger partial charge in [0.1, 0.15) is 5.82 Å². The van der Waals surface area contributed by atoms with E-state index in [2.05, 4.69) is 28.3 Å². The van der Waals surface area contributed by atoms with Gasteiger partial charge in [0.25, 0.3) is 5.91 Å². The van der Waals surface area contributed by atoms with E-state index >= 15 is 0 Å². The Labute approximate surface area is 192 Å². The smallest absolute Gasteiger partial charge is 0.252 e. The molecular formula is C27H23FN4O. The molecule has 6 heteroatoms. The fraction of sp³-hybridized carbons (Fsp3) is 0.148. The summed E-state index contributed by atoms with van der Waals surface area (Å²) in [5.41, 5.74) is 5.77. The standard InChI is InChI=1S/C27H23FN4O/c1-4-14-29-27(33)21-10-13-23-24(16-21)31-26(20-7-5-6-18(15-20)17-32(2)3)25(30-23)19-8-11-22(28)12-9-19/h1,5-13,15-16H,14,17H2,2-3H3,(H,29,33). The van der Waals surface area contributed by atoms with Gasteiger partial charge in [0, 0.05) is 23.2 Å². The number of hydrogen-bond donors (Lipinski definition) is 1. The maximum absolute atomic E-state index is 13.6. The highest BCUT2D eigenvalue weighted by Gasteiger charge is 2.15. The molecule has 0 aliphatic rings. The molecule has 0 unspecified atom stereocenters. The predicted molar refractivity (Wildman–Crippen MR) is 129 cm³/mol. The Morgan fingerprint density at radius 3 is 2.42 bits per heavy atom. The summed E-state index contributed by atoms with van der Waals surface area (Å²) in [6.45, 7) is 0.927. The van der Waals surface area contributed by atoms with E-state index in [1.807, 2.05) is 26.2 Å². The Bertz CT molecular complexity index is 1360. The Hall–Kier alpha value is -4.08. The summed E-state index contributed by atoms with van der Waals surface area (Å²) in [7, 11) is 4.03. The van der Waals surface area contributed by atoms with Crippen molar-refractivity contribution in [3.05, 3.63) is 83.7 Å². The molecule has 1 aromatic heterocycles. The molecule has 0 saturated carbocycles. The van der Waals surface area contributed by atoms with Crippen molar-refractivity contribution in [1.29, 1.82) is 0 Å². The van der Waals surface area contributed by atoms with Crippen LogP contribution in [0.5, 0.6) is 0 Å². The van der Waals surface area contributed by atoms with Gasteiger partial charge in [-0.25, -0.2) is 14.4 Å². The molecule has 1 heterocycles. The largest absolute Gasteiger partial charge is 0.341 e. The molecular weight excluding hydrogens is 415 g/mol. The molecule has 0 aliphatic heterocycles. The van der Waals surface area contributed by atoms with Crippen LogP contribution in [0, 0.1) is 18.2 Å². The van der Waals surface area contributed by atoms with Crippen LogP contribution in [0.1, 0.15) is 15.9 Å². The van der Waals surface area contributed by atoms with Gasteiger partial charge in [-0.2, -0.15) is 0 Å². The molecule has 0 atom stereocenters. The predicted octanol–water partition coefficient (Wildman–Crippen LogP) is 4.53. The lowest BCUT2D eigenvalue weighted by atomic mass is 10.0. The first-order chi connectivity index (χ1) is 15.9. The third-order valence-corrected chi connectivity index (χ3v) is 5.09. The van der Waals surface area contributed by atoms with Crippen LogP contribution in [0.15, 0.2) is 66.7 Å². The van der Waals surface area contributed by atoms with Gasteiger partial charge in [-0.3, -0.25) is 4.79 Å². The third-order valence-electron chi connectivity index (χ3n) is 5.09. The number of terminal acetylenes is 1. The topological polar surface area (TPSA) is 58.1 Å². The van der Waals surface area contributed by atoms with Gasteiger partial charge >= 0.3 is 0 Å². The number of fused-ring (bicyclic) bond motifs is 1. The highest BCUT2D eigenvalue weighted by atomic mass is 19.1. The number of amides is 1. The Morgan fingerprint density at radius 1 is 0.970 bits per heavy atom. The van der Waals surface area contributed by atoms with Crippen molar-refractivity contribution in [2.45, 2.75) is 6.54 Å². The van der Waals surface area contributed by atoms with Crippen LogP contribution in [0.4, 0.5) is 4.39 Å². The summed E-state index contributed by atoms with van der Waals surface area (Å²) in [5, 5.41) is 2.66. The van der Waals surface area contributed by atoms with Crippen molar-refractivity contribution in [2.24, 2.45) is 0 Å². The number of rotatable bonds is 6. The number of nitrogens with zero attached hydrogens (tertiary/aromatic N) is 3. The maximum Gasteiger partial charge on any atom is 0.252 e. The van der Waals surface area contributed by atoms with E-state index in [-0.39, 0.29) is 18.3 Å². The molecule has 4 aromatic rings. The van der Waals surface area contributed by atoms with E-state index in [0.717, 1.165) is 23.2 Å². The molecule has 4 rings (SSSR count). The summed E-state index contributed by atoms with van der Waals surface area (Å²) < 4.78 is 13.6. The van der Waals surface area contributed by atoms with Crippen LogP contribution in [-0.2, 0) is 6.54 Å². The monoisotopic (exact) mass is 438 g/mol. The van der Waals surface area contributed by atoms with E-state index in [1.54, 1.807) is 30.3 Å². The van der Waals surface area contributed by atoms with Crippen molar-refractivity contribution in [3.63, 3.8) is 0 Å². The first-order valence-corrected chi connectivity index (χ1v) is 10.5. The van der Waals surface area contributed by atoms with Gasteiger partial charge in [-0.05, 0) is 68.2 Å². The fourth-order valence-electron chi connectivity index (χ4n) is 3.62. The zero-order valence-corrected chi connectivity index (χ0v) is 18.5. The number of carbonyl (C=O) groups excluding carboxylic acids is 1. The summed E-state index contributed by atoms with van der Waals surface area (Å²) >= 11 is 0. The lowest BCUT2D eigenvalue weighted by molar-refractivity contribution is 0.0959. The SMILES string of the molecule is C#CCNC(=O)c1ccc2nc(-c3ccc(F)cc3)c(-c3cccc(CN(C)C)c3)nc2c1. The molecule has 33 heavy (non-hydrogen) atoms. The van der Waals surface area contributed by atoms with E-state index in [9.17, 15) is 9.18 Å². The lowest BCUT2D eigenvalue weighted by Crippen LogP contribution is -2.23. The van der Waals surface area contributed by atoms with Crippen molar-refractivity contribution in [3.8, 4) is 34.9 Å². The second kappa shape index (κ2) is 9.60. The summed E-state index contributed by atoms with van der Waals surface area (Å²) in [6, 6.07) is 19.5. The zero-order valence-electron chi connectivity index (χ0n) is 18.5. The average Bonchev–Trinajstić information content (AvgIpc) is 2.81. The van der Waals surface area contributed by atoms with Crippen LogP contribution < -0.4 is 5.32 Å². The molecule has 0 radical (unpaired) electrons. The van der Waals surface area contributed by atoms with E-state index < -0.39 is 0 Å². The van der Waals surface area contributed by atoms with Crippen LogP contribution in [0.25, 0.3) is 33.5 Å². The van der Waals surface area contributed by atoms with Crippen LogP contribution >= 0.6 is 0 Å². The van der Waals surface area contributed by atoms with Gasteiger partial charge in [0.15, 0.2) is 0 Å². The van der Waals surface area contributed by atoms with Gasteiger partial charge in [0.05, 0.1) is 29.0 Å². The molecule has 0 bridgehead atoms. The maximum atomic E-state index is 13.6. The van der Waals surface area contributed by atoms with E-state index in [0.29, 0.717) is 28.0 Å². The summed E-state index contributed by atoms with van der Waals surface area (Å²) in [6.07, 6.45) is 5.24. The second-order valence-corrected chi connectivity index (χ2v) is 7.96. The highest BCUT2D eigenvalue weighted by molar-refractivity contribution is 5.98. The first kappa shape index (κ1) is 22.1. The van der Waals surface area contributed by atoms with E-state index in [4.69, 9.17) is 16.4 Å². The van der Waals surface area contributed by atoms with Crippen molar-refractivity contribution in [2.75, 3.05) is 20.6 Å². The lowest BCUT2D eigenvalue weighted by Gasteiger charge is -2.14. The molecule has 0 spiro atoms.